The van der Waals surface area contributed by atoms with E-state index in [1.165, 1.54) is 11.1 Å². The lowest BCUT2D eigenvalue weighted by molar-refractivity contribution is -0.0175. The minimum Gasteiger partial charge on any atom is -0.497 e. The molecule has 2 atom stereocenters. The van der Waals surface area contributed by atoms with Crippen LogP contribution >= 0.6 is 0 Å². The van der Waals surface area contributed by atoms with Gasteiger partial charge in [-0.2, -0.15) is 0 Å². The zero-order valence-electron chi connectivity index (χ0n) is 13.4. The average molecular weight is 293 g/mol. The smallest absolute Gasteiger partial charge is 0.119 e. The topological polar surface area (TPSA) is 39.7 Å². The third kappa shape index (κ3) is 4.19. The molecular weight excluding hydrogens is 266 g/mol. The Bertz CT molecular complexity index is 436. The molecule has 4 nitrogen and oxygen atoms in total. The number of fused-ring (bicyclic) bond motifs is 1. The number of hydrogen-bond donors (Lipinski definition) is 1. The molecule has 118 valence electrons. The van der Waals surface area contributed by atoms with Gasteiger partial charge in [-0.15, -0.1) is 0 Å². The Morgan fingerprint density at radius 2 is 2.10 bits per heavy atom. The number of hydrogen-bond acceptors (Lipinski definition) is 4. The van der Waals surface area contributed by atoms with Crippen molar-refractivity contribution in [1.82, 2.24) is 5.32 Å². The first kappa shape index (κ1) is 16.3. The fourth-order valence-electron chi connectivity index (χ4n) is 2.91. The van der Waals surface area contributed by atoms with Gasteiger partial charge < -0.3 is 19.5 Å². The zero-order valence-corrected chi connectivity index (χ0v) is 13.4. The van der Waals surface area contributed by atoms with Gasteiger partial charge in [-0.3, -0.25) is 0 Å². The van der Waals surface area contributed by atoms with Crippen molar-refractivity contribution in [3.63, 3.8) is 0 Å². The number of nitrogens with one attached hydrogen (secondary N) is 1. The molecule has 1 aromatic carbocycles. The molecule has 0 spiro atoms. The van der Waals surface area contributed by atoms with Crippen LogP contribution < -0.4 is 10.1 Å². The van der Waals surface area contributed by atoms with Crippen molar-refractivity contribution in [2.45, 2.75) is 38.3 Å². The van der Waals surface area contributed by atoms with Crippen LogP contribution in [0.3, 0.4) is 0 Å². The second-order valence-electron chi connectivity index (χ2n) is 5.39. The lowest BCUT2D eigenvalue weighted by Crippen LogP contribution is -2.36. The van der Waals surface area contributed by atoms with Crippen LogP contribution in [0.5, 0.6) is 5.75 Å². The SMILES string of the molecule is CCCOCCOC1CCc2ccc(OC)cc2C1NC. The molecule has 0 heterocycles. The van der Waals surface area contributed by atoms with Gasteiger partial charge in [0.1, 0.15) is 5.75 Å². The predicted octanol–water partition coefficient (Wildman–Crippen LogP) is 2.71. The number of ether oxygens (including phenoxy) is 3. The molecule has 0 saturated heterocycles. The van der Waals surface area contributed by atoms with E-state index in [0.717, 1.165) is 31.6 Å². The van der Waals surface area contributed by atoms with Crippen LogP contribution in [0, 0.1) is 0 Å². The molecule has 0 amide bonds. The van der Waals surface area contributed by atoms with Crippen molar-refractivity contribution >= 4 is 0 Å². The van der Waals surface area contributed by atoms with Gasteiger partial charge in [0.2, 0.25) is 0 Å². The second-order valence-corrected chi connectivity index (χ2v) is 5.39. The molecule has 1 aromatic rings. The van der Waals surface area contributed by atoms with Gasteiger partial charge in [0.25, 0.3) is 0 Å². The number of methoxy groups -OCH3 is 1. The Labute approximate surface area is 127 Å². The number of rotatable bonds is 8. The number of aryl methyl sites for hydroxylation is 1. The van der Waals surface area contributed by atoms with E-state index in [4.69, 9.17) is 14.2 Å². The highest BCUT2D eigenvalue weighted by molar-refractivity contribution is 5.40. The summed E-state index contributed by atoms with van der Waals surface area (Å²) in [6, 6.07) is 6.54. The highest BCUT2D eigenvalue weighted by atomic mass is 16.5. The van der Waals surface area contributed by atoms with E-state index >= 15 is 0 Å². The summed E-state index contributed by atoms with van der Waals surface area (Å²) in [5.41, 5.74) is 2.68. The molecule has 0 fully saturated rings. The second kappa shape index (κ2) is 8.37. The Morgan fingerprint density at radius 1 is 1.24 bits per heavy atom. The first-order chi connectivity index (χ1) is 10.3. The average Bonchev–Trinajstić information content (AvgIpc) is 2.53. The minimum atomic E-state index is 0.194. The Morgan fingerprint density at radius 3 is 2.81 bits per heavy atom. The van der Waals surface area contributed by atoms with Gasteiger partial charge in [0, 0.05) is 6.61 Å². The summed E-state index contributed by atoms with van der Waals surface area (Å²) in [6.45, 7) is 4.25. The van der Waals surface area contributed by atoms with Gasteiger partial charge in [-0.25, -0.2) is 0 Å². The van der Waals surface area contributed by atoms with Crippen molar-refractivity contribution in [2.75, 3.05) is 34.0 Å². The number of benzene rings is 1. The van der Waals surface area contributed by atoms with Crippen molar-refractivity contribution in [1.29, 1.82) is 0 Å². The van der Waals surface area contributed by atoms with E-state index in [-0.39, 0.29) is 12.1 Å². The molecule has 2 unspecified atom stereocenters. The first-order valence-corrected chi connectivity index (χ1v) is 7.83. The highest BCUT2D eigenvalue weighted by Gasteiger charge is 2.29. The summed E-state index contributed by atoms with van der Waals surface area (Å²) < 4.78 is 16.9. The lowest BCUT2D eigenvalue weighted by Gasteiger charge is -2.33. The minimum absolute atomic E-state index is 0.194. The van der Waals surface area contributed by atoms with E-state index < -0.39 is 0 Å². The molecule has 0 bridgehead atoms. The fraction of sp³-hybridized carbons (Fsp3) is 0.647. The zero-order chi connectivity index (χ0) is 15.1. The van der Waals surface area contributed by atoms with Gasteiger partial charge in [-0.05, 0) is 49.6 Å². The van der Waals surface area contributed by atoms with E-state index in [2.05, 4.69) is 24.4 Å². The third-order valence-corrected chi connectivity index (χ3v) is 3.98. The molecule has 1 aliphatic rings. The fourth-order valence-corrected chi connectivity index (χ4v) is 2.91. The summed E-state index contributed by atoms with van der Waals surface area (Å²) in [5, 5.41) is 3.39. The molecule has 0 saturated carbocycles. The standard InChI is InChI=1S/C17H27NO3/c1-4-9-20-10-11-21-16-8-6-13-5-7-14(19-3)12-15(13)17(16)18-2/h5,7,12,16-18H,4,6,8-11H2,1-3H3. The van der Waals surface area contributed by atoms with E-state index in [0.29, 0.717) is 13.2 Å². The maximum Gasteiger partial charge on any atom is 0.119 e. The van der Waals surface area contributed by atoms with Crippen LogP contribution in [-0.4, -0.2) is 40.1 Å². The van der Waals surface area contributed by atoms with Crippen LogP contribution in [0.4, 0.5) is 0 Å². The molecule has 2 rings (SSSR count). The first-order valence-electron chi connectivity index (χ1n) is 7.83. The quantitative estimate of drug-likeness (QED) is 0.748. The summed E-state index contributed by atoms with van der Waals surface area (Å²) >= 11 is 0. The van der Waals surface area contributed by atoms with Gasteiger partial charge in [0.05, 0.1) is 32.5 Å². The molecule has 0 aromatic heterocycles. The Balaban J connectivity index is 1.98. The molecule has 4 heteroatoms. The molecule has 0 aliphatic heterocycles. The monoisotopic (exact) mass is 293 g/mol. The summed E-state index contributed by atoms with van der Waals surface area (Å²) in [4.78, 5) is 0. The van der Waals surface area contributed by atoms with Crippen LogP contribution in [-0.2, 0) is 15.9 Å². The van der Waals surface area contributed by atoms with Crippen LogP contribution in [0.15, 0.2) is 18.2 Å². The van der Waals surface area contributed by atoms with Crippen molar-refractivity contribution in [3.8, 4) is 5.75 Å². The highest BCUT2D eigenvalue weighted by Crippen LogP contribution is 2.34. The normalized spacial score (nSPS) is 21.1. The van der Waals surface area contributed by atoms with Crippen LogP contribution in [0.1, 0.15) is 36.9 Å². The van der Waals surface area contributed by atoms with Crippen LogP contribution in [0.2, 0.25) is 0 Å². The van der Waals surface area contributed by atoms with Crippen LogP contribution in [0.25, 0.3) is 0 Å². The summed E-state index contributed by atoms with van der Waals surface area (Å²) in [7, 11) is 3.70. The van der Waals surface area contributed by atoms with E-state index in [1.807, 2.05) is 13.1 Å². The maximum absolute atomic E-state index is 6.04. The largest absolute Gasteiger partial charge is 0.497 e. The maximum atomic E-state index is 6.04. The van der Waals surface area contributed by atoms with Crippen molar-refractivity contribution in [3.05, 3.63) is 29.3 Å². The molecule has 0 radical (unpaired) electrons. The van der Waals surface area contributed by atoms with E-state index in [1.54, 1.807) is 7.11 Å². The molecule has 21 heavy (non-hydrogen) atoms. The summed E-state index contributed by atoms with van der Waals surface area (Å²) in [5.74, 6) is 0.904. The van der Waals surface area contributed by atoms with E-state index in [9.17, 15) is 0 Å². The third-order valence-electron chi connectivity index (χ3n) is 3.98. The van der Waals surface area contributed by atoms with Gasteiger partial charge in [-0.1, -0.05) is 13.0 Å². The number of likely N-dealkylation sites (N-methyl/N-ethyl adjacent to an activating group) is 1. The van der Waals surface area contributed by atoms with Gasteiger partial charge >= 0.3 is 0 Å². The van der Waals surface area contributed by atoms with Crippen molar-refractivity contribution in [2.24, 2.45) is 0 Å². The Hall–Kier alpha value is -1.10. The molecular formula is C17H27NO3. The predicted molar refractivity (Wildman–Crippen MR) is 84.0 cm³/mol. The molecule has 1 N–H and O–H groups in total. The molecule has 1 aliphatic carbocycles. The lowest BCUT2D eigenvalue weighted by atomic mass is 9.85. The van der Waals surface area contributed by atoms with Crippen molar-refractivity contribution < 1.29 is 14.2 Å². The Kier molecular flexibility index (Phi) is 6.49. The summed E-state index contributed by atoms with van der Waals surface area (Å²) in [6.07, 6.45) is 3.34. The van der Waals surface area contributed by atoms with Gasteiger partial charge in [0.15, 0.2) is 0 Å².